The van der Waals surface area contributed by atoms with Gasteiger partial charge in [0.15, 0.2) is 11.2 Å². The molecule has 6 nitrogen and oxygen atoms in total. The molecule has 2 heterocycles. The lowest BCUT2D eigenvalue weighted by atomic mass is 9.93. The standard InChI is InChI=1S/C21H12N4O2/c26-20-18-19(23-21(27)24-20)25(10-22-18)15-9-7-13-5-4-11-2-1-3-12-6-8-14(15)17(13)16(11)12/h1-10H,(H2,23,24,26,27). The maximum absolute atomic E-state index is 12.0. The number of rotatable bonds is 1. The summed E-state index contributed by atoms with van der Waals surface area (Å²) in [5, 5.41) is 6.93. The molecule has 0 saturated heterocycles. The number of imidazole rings is 1. The van der Waals surface area contributed by atoms with Crippen molar-refractivity contribution in [3.8, 4) is 5.69 Å². The van der Waals surface area contributed by atoms with Crippen LogP contribution in [0.2, 0.25) is 0 Å². The van der Waals surface area contributed by atoms with Gasteiger partial charge in [-0.25, -0.2) is 9.78 Å². The molecule has 2 N–H and O–H groups in total. The Hall–Kier alpha value is -3.93. The van der Waals surface area contributed by atoms with Crippen LogP contribution in [0.25, 0.3) is 49.2 Å². The summed E-state index contributed by atoms with van der Waals surface area (Å²) in [4.78, 5) is 32.9. The summed E-state index contributed by atoms with van der Waals surface area (Å²) in [5.41, 5.74) is 0.417. The van der Waals surface area contributed by atoms with E-state index in [4.69, 9.17) is 0 Å². The molecule has 0 unspecified atom stereocenters. The number of aromatic amines is 2. The minimum atomic E-state index is -0.549. The van der Waals surface area contributed by atoms with Crippen molar-refractivity contribution in [1.82, 2.24) is 19.5 Å². The lowest BCUT2D eigenvalue weighted by Crippen LogP contribution is -2.22. The highest BCUT2D eigenvalue weighted by Crippen LogP contribution is 2.37. The molecule has 6 rings (SSSR count). The first-order chi connectivity index (χ1) is 13.2. The Morgan fingerprint density at radius 3 is 2.30 bits per heavy atom. The SMILES string of the molecule is O=c1[nH]c(=O)c2ncn(-c3ccc4ccc5cccc6ccc3c4c56)c2[nH]1. The van der Waals surface area contributed by atoms with Gasteiger partial charge < -0.3 is 0 Å². The van der Waals surface area contributed by atoms with Gasteiger partial charge in [-0.15, -0.1) is 0 Å². The van der Waals surface area contributed by atoms with E-state index in [9.17, 15) is 9.59 Å². The summed E-state index contributed by atoms with van der Waals surface area (Å²) >= 11 is 0. The van der Waals surface area contributed by atoms with Crippen LogP contribution in [-0.2, 0) is 0 Å². The fourth-order valence-corrected chi connectivity index (χ4v) is 4.05. The molecule has 128 valence electrons. The van der Waals surface area contributed by atoms with Gasteiger partial charge in [0, 0.05) is 5.39 Å². The molecular weight excluding hydrogens is 340 g/mol. The van der Waals surface area contributed by atoms with E-state index in [1.807, 2.05) is 6.07 Å². The van der Waals surface area contributed by atoms with Gasteiger partial charge in [0.05, 0.1) is 5.69 Å². The number of hydrogen-bond acceptors (Lipinski definition) is 3. The minimum absolute atomic E-state index is 0.209. The van der Waals surface area contributed by atoms with Crippen molar-refractivity contribution in [2.24, 2.45) is 0 Å². The van der Waals surface area contributed by atoms with Crippen molar-refractivity contribution >= 4 is 43.5 Å². The van der Waals surface area contributed by atoms with Gasteiger partial charge in [0.2, 0.25) is 0 Å². The maximum Gasteiger partial charge on any atom is 0.327 e. The molecule has 0 saturated carbocycles. The first-order valence-electron chi connectivity index (χ1n) is 8.57. The van der Waals surface area contributed by atoms with Crippen LogP contribution >= 0.6 is 0 Å². The Morgan fingerprint density at radius 1 is 0.778 bits per heavy atom. The Balaban J connectivity index is 1.82. The smallest absolute Gasteiger partial charge is 0.291 e. The second kappa shape index (κ2) is 4.82. The van der Waals surface area contributed by atoms with Crippen molar-refractivity contribution < 1.29 is 0 Å². The second-order valence-corrected chi connectivity index (χ2v) is 6.66. The summed E-state index contributed by atoms with van der Waals surface area (Å²) in [6.45, 7) is 0. The largest absolute Gasteiger partial charge is 0.327 e. The molecule has 4 aromatic carbocycles. The molecule has 0 amide bonds. The minimum Gasteiger partial charge on any atom is -0.291 e. The van der Waals surface area contributed by atoms with Crippen molar-refractivity contribution in [2.45, 2.75) is 0 Å². The lowest BCUT2D eigenvalue weighted by molar-refractivity contribution is 1.03. The Labute approximate surface area is 151 Å². The number of nitrogens with zero attached hydrogens (tertiary/aromatic N) is 2. The third kappa shape index (κ3) is 1.81. The van der Waals surface area contributed by atoms with Crippen LogP contribution in [0.5, 0.6) is 0 Å². The number of aromatic nitrogens is 4. The van der Waals surface area contributed by atoms with Crippen LogP contribution in [0, 0.1) is 0 Å². The van der Waals surface area contributed by atoms with Crippen LogP contribution in [0.3, 0.4) is 0 Å². The summed E-state index contributed by atoms with van der Waals surface area (Å²) in [5.74, 6) is 0. The molecule has 0 bridgehead atoms. The Kier molecular flexibility index (Phi) is 2.55. The van der Waals surface area contributed by atoms with E-state index in [2.05, 4.69) is 63.5 Å². The van der Waals surface area contributed by atoms with Gasteiger partial charge >= 0.3 is 5.69 Å². The third-order valence-corrected chi connectivity index (χ3v) is 5.21. The monoisotopic (exact) mass is 352 g/mol. The Bertz CT molecular complexity index is 1610. The molecule has 0 aliphatic carbocycles. The van der Waals surface area contributed by atoms with Gasteiger partial charge in [-0.3, -0.25) is 19.3 Å². The van der Waals surface area contributed by atoms with Crippen LogP contribution in [0.15, 0.2) is 70.5 Å². The second-order valence-electron chi connectivity index (χ2n) is 6.66. The van der Waals surface area contributed by atoms with Gasteiger partial charge in [-0.05, 0) is 33.0 Å². The molecule has 0 radical (unpaired) electrons. The topological polar surface area (TPSA) is 83.5 Å². The van der Waals surface area contributed by atoms with E-state index in [1.165, 1.54) is 16.2 Å². The fourth-order valence-electron chi connectivity index (χ4n) is 4.05. The van der Waals surface area contributed by atoms with Crippen molar-refractivity contribution in [1.29, 1.82) is 0 Å². The first-order valence-corrected chi connectivity index (χ1v) is 8.57. The summed E-state index contributed by atoms with van der Waals surface area (Å²) in [6, 6.07) is 18.7. The average Bonchev–Trinajstić information content (AvgIpc) is 3.10. The number of nitrogens with one attached hydrogen (secondary N) is 2. The van der Waals surface area contributed by atoms with Crippen LogP contribution in [0.4, 0.5) is 0 Å². The van der Waals surface area contributed by atoms with Crippen LogP contribution in [0.1, 0.15) is 0 Å². The fraction of sp³-hybridized carbons (Fsp3) is 0. The molecule has 6 aromatic rings. The van der Waals surface area contributed by atoms with E-state index in [-0.39, 0.29) is 5.52 Å². The predicted molar refractivity (Wildman–Crippen MR) is 106 cm³/mol. The quantitative estimate of drug-likeness (QED) is 0.445. The predicted octanol–water partition coefficient (Wildman–Crippen LogP) is 3.30. The lowest BCUT2D eigenvalue weighted by Gasteiger charge is -2.14. The van der Waals surface area contributed by atoms with E-state index in [0.717, 1.165) is 21.8 Å². The van der Waals surface area contributed by atoms with Gasteiger partial charge in [-0.1, -0.05) is 48.5 Å². The maximum atomic E-state index is 12.0. The zero-order chi connectivity index (χ0) is 18.1. The van der Waals surface area contributed by atoms with Crippen molar-refractivity contribution in [3.05, 3.63) is 81.8 Å². The molecule has 0 atom stereocenters. The molecular formula is C21H12N4O2. The molecule has 2 aromatic heterocycles. The normalized spacial score (nSPS) is 12.0. The highest BCUT2D eigenvalue weighted by molar-refractivity contribution is 6.24. The number of hydrogen-bond donors (Lipinski definition) is 2. The third-order valence-electron chi connectivity index (χ3n) is 5.21. The highest BCUT2D eigenvalue weighted by atomic mass is 16.2. The number of fused-ring (bicyclic) bond motifs is 1. The summed E-state index contributed by atoms with van der Waals surface area (Å²) in [7, 11) is 0. The van der Waals surface area contributed by atoms with E-state index < -0.39 is 11.2 Å². The number of benzene rings is 4. The zero-order valence-corrected chi connectivity index (χ0v) is 14.0. The average molecular weight is 352 g/mol. The van der Waals surface area contributed by atoms with Gasteiger partial charge in [0.1, 0.15) is 6.33 Å². The molecule has 27 heavy (non-hydrogen) atoms. The van der Waals surface area contributed by atoms with Crippen molar-refractivity contribution in [3.63, 3.8) is 0 Å². The van der Waals surface area contributed by atoms with Gasteiger partial charge in [-0.2, -0.15) is 0 Å². The molecule has 0 aliphatic rings. The van der Waals surface area contributed by atoms with Crippen LogP contribution < -0.4 is 11.2 Å². The van der Waals surface area contributed by atoms with E-state index in [1.54, 1.807) is 10.9 Å². The van der Waals surface area contributed by atoms with Crippen LogP contribution in [-0.4, -0.2) is 19.5 Å². The first kappa shape index (κ1) is 14.3. The van der Waals surface area contributed by atoms with E-state index in [0.29, 0.717) is 5.65 Å². The Morgan fingerprint density at radius 2 is 1.48 bits per heavy atom. The summed E-state index contributed by atoms with van der Waals surface area (Å²) < 4.78 is 1.76. The molecule has 0 fully saturated rings. The molecule has 0 spiro atoms. The number of H-pyrrole nitrogens is 2. The molecule has 0 aliphatic heterocycles. The van der Waals surface area contributed by atoms with E-state index >= 15 is 0 Å². The summed E-state index contributed by atoms with van der Waals surface area (Å²) in [6.07, 6.45) is 1.57. The van der Waals surface area contributed by atoms with Gasteiger partial charge in [0.25, 0.3) is 5.56 Å². The zero-order valence-electron chi connectivity index (χ0n) is 14.0. The van der Waals surface area contributed by atoms with Crippen molar-refractivity contribution in [2.75, 3.05) is 0 Å². The molecule has 6 heteroatoms. The highest BCUT2D eigenvalue weighted by Gasteiger charge is 2.15.